The average molecular weight is 229 g/mol. The molecule has 0 aromatic rings. The molecule has 4 heteroatoms. The van der Waals surface area contributed by atoms with E-state index < -0.39 is 0 Å². The normalized spacial score (nSPS) is 38.0. The molecule has 2 rings (SSSR count). The van der Waals surface area contributed by atoms with E-state index in [1.807, 2.05) is 18.7 Å². The van der Waals surface area contributed by atoms with E-state index in [0.717, 1.165) is 25.3 Å². The van der Waals surface area contributed by atoms with E-state index in [1.54, 1.807) is 0 Å². The standard InChI is InChI=1S/C11H19NO2S/c1-3-9-7-12(4-5-15-9)10-6-8(2)14-11(10)13/h8-10H,3-7H2,1-2H3. The Hall–Kier alpha value is -0.220. The van der Waals surface area contributed by atoms with Crippen molar-refractivity contribution in [3.8, 4) is 0 Å². The summed E-state index contributed by atoms with van der Waals surface area (Å²) in [5.41, 5.74) is 0. The van der Waals surface area contributed by atoms with Gasteiger partial charge in [-0.2, -0.15) is 11.8 Å². The summed E-state index contributed by atoms with van der Waals surface area (Å²) in [6.45, 7) is 6.28. The van der Waals surface area contributed by atoms with Gasteiger partial charge in [-0.1, -0.05) is 6.92 Å². The molecular formula is C11H19NO2S. The second-order valence-electron chi connectivity index (χ2n) is 4.39. The Labute approximate surface area is 95.5 Å². The lowest BCUT2D eigenvalue weighted by Crippen LogP contribution is -2.46. The van der Waals surface area contributed by atoms with Crippen LogP contribution in [0.5, 0.6) is 0 Å². The van der Waals surface area contributed by atoms with Crippen LogP contribution in [0.3, 0.4) is 0 Å². The van der Waals surface area contributed by atoms with Gasteiger partial charge in [-0.15, -0.1) is 0 Å². The Balaban J connectivity index is 1.95. The first-order valence-corrected chi connectivity index (χ1v) is 6.81. The van der Waals surface area contributed by atoms with Crippen molar-refractivity contribution in [2.75, 3.05) is 18.8 Å². The summed E-state index contributed by atoms with van der Waals surface area (Å²) in [6, 6.07) is 0.0370. The summed E-state index contributed by atoms with van der Waals surface area (Å²) < 4.78 is 5.21. The van der Waals surface area contributed by atoms with Crippen LogP contribution < -0.4 is 0 Å². The molecule has 2 saturated heterocycles. The molecule has 3 nitrogen and oxygen atoms in total. The maximum absolute atomic E-state index is 11.6. The maximum Gasteiger partial charge on any atom is 0.323 e. The molecule has 2 aliphatic rings. The summed E-state index contributed by atoms with van der Waals surface area (Å²) in [6.07, 6.45) is 2.18. The lowest BCUT2D eigenvalue weighted by molar-refractivity contribution is -0.144. The van der Waals surface area contributed by atoms with Gasteiger partial charge in [0, 0.05) is 30.5 Å². The Morgan fingerprint density at radius 2 is 2.40 bits per heavy atom. The number of nitrogens with zero attached hydrogens (tertiary/aromatic N) is 1. The Bertz CT molecular complexity index is 247. The van der Waals surface area contributed by atoms with Crippen molar-refractivity contribution in [3.63, 3.8) is 0 Å². The third kappa shape index (κ3) is 2.48. The number of hydrogen-bond acceptors (Lipinski definition) is 4. The van der Waals surface area contributed by atoms with Gasteiger partial charge in [0.2, 0.25) is 0 Å². The van der Waals surface area contributed by atoms with Gasteiger partial charge in [0.1, 0.15) is 12.1 Å². The van der Waals surface area contributed by atoms with Gasteiger partial charge in [0.25, 0.3) is 0 Å². The highest BCUT2D eigenvalue weighted by Gasteiger charge is 2.38. The molecule has 0 aromatic heterocycles. The van der Waals surface area contributed by atoms with Crippen molar-refractivity contribution in [1.82, 2.24) is 4.90 Å². The molecule has 0 saturated carbocycles. The topological polar surface area (TPSA) is 29.5 Å². The van der Waals surface area contributed by atoms with Crippen molar-refractivity contribution in [1.29, 1.82) is 0 Å². The number of cyclic esters (lactones) is 1. The third-order valence-electron chi connectivity index (χ3n) is 3.21. The summed E-state index contributed by atoms with van der Waals surface area (Å²) in [4.78, 5) is 13.9. The van der Waals surface area contributed by atoms with Crippen LogP contribution in [0.2, 0.25) is 0 Å². The van der Waals surface area contributed by atoms with E-state index in [0.29, 0.717) is 5.25 Å². The van der Waals surface area contributed by atoms with Crippen molar-refractivity contribution >= 4 is 17.7 Å². The van der Waals surface area contributed by atoms with E-state index in [4.69, 9.17) is 4.74 Å². The molecule has 3 atom stereocenters. The predicted molar refractivity (Wildman–Crippen MR) is 62.1 cm³/mol. The van der Waals surface area contributed by atoms with Gasteiger partial charge in [0.15, 0.2) is 0 Å². The molecule has 0 aliphatic carbocycles. The van der Waals surface area contributed by atoms with Gasteiger partial charge in [-0.25, -0.2) is 0 Å². The first-order valence-electron chi connectivity index (χ1n) is 5.77. The minimum Gasteiger partial charge on any atom is -0.461 e. The highest BCUT2D eigenvalue weighted by molar-refractivity contribution is 8.00. The number of esters is 1. The molecule has 3 unspecified atom stereocenters. The fourth-order valence-corrected chi connectivity index (χ4v) is 3.51. The number of hydrogen-bond donors (Lipinski definition) is 0. The van der Waals surface area contributed by atoms with E-state index in [2.05, 4.69) is 11.8 Å². The number of ether oxygens (including phenoxy) is 1. The number of carbonyl (C=O) groups excluding carboxylic acids is 1. The minimum absolute atomic E-state index is 0.00995. The van der Waals surface area contributed by atoms with E-state index in [-0.39, 0.29) is 18.1 Å². The van der Waals surface area contributed by atoms with E-state index in [1.165, 1.54) is 6.42 Å². The lowest BCUT2D eigenvalue weighted by atomic mass is 10.1. The summed E-state index contributed by atoms with van der Waals surface area (Å²) in [7, 11) is 0. The minimum atomic E-state index is -0.00995. The van der Waals surface area contributed by atoms with Crippen molar-refractivity contribution < 1.29 is 9.53 Å². The van der Waals surface area contributed by atoms with E-state index >= 15 is 0 Å². The highest BCUT2D eigenvalue weighted by Crippen LogP contribution is 2.27. The molecule has 0 N–H and O–H groups in total. The fraction of sp³-hybridized carbons (Fsp3) is 0.909. The molecule has 2 aliphatic heterocycles. The highest BCUT2D eigenvalue weighted by atomic mass is 32.2. The molecule has 0 spiro atoms. The van der Waals surface area contributed by atoms with Crippen LogP contribution in [0.15, 0.2) is 0 Å². The predicted octanol–water partition coefficient (Wildman–Crippen LogP) is 1.52. The third-order valence-corrected chi connectivity index (χ3v) is 4.58. The molecule has 0 radical (unpaired) electrons. The van der Waals surface area contributed by atoms with Gasteiger partial charge >= 0.3 is 5.97 Å². The van der Waals surface area contributed by atoms with Gasteiger partial charge in [-0.05, 0) is 13.3 Å². The van der Waals surface area contributed by atoms with Crippen molar-refractivity contribution in [2.45, 2.75) is 44.1 Å². The second kappa shape index (κ2) is 4.74. The Kier molecular flexibility index (Phi) is 3.57. The van der Waals surface area contributed by atoms with Crippen molar-refractivity contribution in [2.24, 2.45) is 0 Å². The largest absolute Gasteiger partial charge is 0.461 e. The van der Waals surface area contributed by atoms with Crippen LogP contribution in [0.1, 0.15) is 26.7 Å². The zero-order valence-corrected chi connectivity index (χ0v) is 10.3. The number of thioether (sulfide) groups is 1. The molecule has 86 valence electrons. The molecular weight excluding hydrogens is 210 g/mol. The van der Waals surface area contributed by atoms with Crippen molar-refractivity contribution in [3.05, 3.63) is 0 Å². The lowest BCUT2D eigenvalue weighted by Gasteiger charge is -2.34. The first kappa shape index (κ1) is 11.3. The molecule has 0 amide bonds. The van der Waals surface area contributed by atoms with Crippen LogP contribution in [-0.4, -0.2) is 47.1 Å². The summed E-state index contributed by atoms with van der Waals surface area (Å²) in [5.74, 6) is 1.14. The Morgan fingerprint density at radius 3 is 3.00 bits per heavy atom. The maximum atomic E-state index is 11.6. The van der Waals surface area contributed by atoms with Crippen LogP contribution >= 0.6 is 11.8 Å². The first-order chi connectivity index (χ1) is 7.20. The van der Waals surface area contributed by atoms with Gasteiger partial charge in [0.05, 0.1) is 0 Å². The molecule has 0 aromatic carbocycles. The van der Waals surface area contributed by atoms with E-state index in [9.17, 15) is 4.79 Å². The SMILES string of the molecule is CCC1CN(C2CC(C)OC2=O)CCS1. The van der Waals surface area contributed by atoms with Gasteiger partial charge < -0.3 is 4.74 Å². The molecule has 2 fully saturated rings. The van der Waals surface area contributed by atoms with Crippen LogP contribution in [0.4, 0.5) is 0 Å². The number of rotatable bonds is 2. The zero-order chi connectivity index (χ0) is 10.8. The second-order valence-corrected chi connectivity index (χ2v) is 5.80. The van der Waals surface area contributed by atoms with Crippen LogP contribution in [0.25, 0.3) is 0 Å². The van der Waals surface area contributed by atoms with Crippen LogP contribution in [0, 0.1) is 0 Å². The zero-order valence-electron chi connectivity index (χ0n) is 9.44. The molecule has 2 heterocycles. The average Bonchev–Trinajstić information content (AvgIpc) is 2.58. The summed E-state index contributed by atoms with van der Waals surface area (Å²) >= 11 is 2.03. The molecule has 15 heavy (non-hydrogen) atoms. The molecule has 0 bridgehead atoms. The van der Waals surface area contributed by atoms with Crippen LogP contribution in [-0.2, 0) is 9.53 Å². The fourth-order valence-electron chi connectivity index (χ4n) is 2.31. The monoisotopic (exact) mass is 229 g/mol. The Morgan fingerprint density at radius 1 is 1.60 bits per heavy atom. The smallest absolute Gasteiger partial charge is 0.323 e. The number of carbonyl (C=O) groups is 1. The quantitative estimate of drug-likeness (QED) is 0.671. The summed E-state index contributed by atoms with van der Waals surface area (Å²) in [5, 5.41) is 0.697. The van der Waals surface area contributed by atoms with Gasteiger partial charge in [-0.3, -0.25) is 9.69 Å².